The van der Waals surface area contributed by atoms with Crippen LogP contribution in [0.4, 0.5) is 5.69 Å². The lowest BCUT2D eigenvalue weighted by atomic mass is 9.90. The molecule has 1 N–H and O–H groups in total. The monoisotopic (exact) mass is 247 g/mol. The lowest BCUT2D eigenvalue weighted by Gasteiger charge is -2.41. The molecule has 3 atom stereocenters. The number of hydrogen-bond donors (Lipinski definition) is 1. The summed E-state index contributed by atoms with van der Waals surface area (Å²) in [6, 6.07) is 8.88. The van der Waals surface area contributed by atoms with Gasteiger partial charge < -0.3 is 10.0 Å². The number of anilines is 1. The summed E-state index contributed by atoms with van der Waals surface area (Å²) < 4.78 is 0. The van der Waals surface area contributed by atoms with Crippen molar-refractivity contribution in [3.8, 4) is 0 Å². The van der Waals surface area contributed by atoms with Gasteiger partial charge in [-0.1, -0.05) is 32.0 Å². The Bertz CT molecular complexity index is 390. The summed E-state index contributed by atoms with van der Waals surface area (Å²) in [6.07, 6.45) is 3.00. The standard InChI is InChI=1S/C16H25NO/c1-4-16(18)14-9-5-6-10-15(14)17-11-7-8-12(2)13(17)3/h5-6,9-10,12-13,16,18H,4,7-8,11H2,1-3H3/t12?,13?,16-/m0/s1. The molecule has 1 aliphatic rings. The number of rotatable bonds is 3. The molecule has 2 rings (SSSR count). The average Bonchev–Trinajstić information content (AvgIpc) is 2.41. The number of nitrogens with zero attached hydrogens (tertiary/aromatic N) is 1. The predicted molar refractivity (Wildman–Crippen MR) is 76.9 cm³/mol. The smallest absolute Gasteiger partial charge is 0.0807 e. The molecule has 18 heavy (non-hydrogen) atoms. The van der Waals surface area contributed by atoms with Crippen LogP contribution in [0.1, 0.15) is 51.7 Å². The molecule has 0 saturated carbocycles. The Morgan fingerprint density at radius 2 is 2.06 bits per heavy atom. The Labute approximate surface area is 111 Å². The second-order valence-corrected chi connectivity index (χ2v) is 5.54. The van der Waals surface area contributed by atoms with E-state index in [0.717, 1.165) is 24.4 Å². The van der Waals surface area contributed by atoms with Gasteiger partial charge in [0.1, 0.15) is 0 Å². The Kier molecular flexibility index (Phi) is 4.28. The van der Waals surface area contributed by atoms with Crippen molar-refractivity contribution in [2.75, 3.05) is 11.4 Å². The molecule has 1 aliphatic heterocycles. The van der Waals surface area contributed by atoms with Gasteiger partial charge >= 0.3 is 0 Å². The summed E-state index contributed by atoms with van der Waals surface area (Å²) in [4.78, 5) is 2.47. The predicted octanol–water partition coefficient (Wildman–Crippen LogP) is 3.75. The first kappa shape index (κ1) is 13.4. The van der Waals surface area contributed by atoms with Crippen LogP contribution in [0, 0.1) is 5.92 Å². The number of piperidine rings is 1. The van der Waals surface area contributed by atoms with Gasteiger partial charge in [-0.2, -0.15) is 0 Å². The average molecular weight is 247 g/mol. The normalized spacial score (nSPS) is 26.1. The van der Waals surface area contributed by atoms with Crippen molar-refractivity contribution in [2.24, 2.45) is 5.92 Å². The zero-order valence-corrected chi connectivity index (χ0v) is 11.8. The second kappa shape index (κ2) is 5.75. The number of benzene rings is 1. The van der Waals surface area contributed by atoms with E-state index in [0.29, 0.717) is 6.04 Å². The summed E-state index contributed by atoms with van der Waals surface area (Å²) in [7, 11) is 0. The van der Waals surface area contributed by atoms with Crippen LogP contribution in [0.5, 0.6) is 0 Å². The van der Waals surface area contributed by atoms with Gasteiger partial charge in [0.2, 0.25) is 0 Å². The van der Waals surface area contributed by atoms with Gasteiger partial charge in [0, 0.05) is 23.8 Å². The van der Waals surface area contributed by atoms with Crippen LogP contribution < -0.4 is 4.90 Å². The van der Waals surface area contributed by atoms with E-state index >= 15 is 0 Å². The van der Waals surface area contributed by atoms with Gasteiger partial charge in [-0.05, 0) is 38.2 Å². The highest BCUT2D eigenvalue weighted by molar-refractivity contribution is 5.55. The fourth-order valence-corrected chi connectivity index (χ4v) is 2.93. The van der Waals surface area contributed by atoms with Crippen molar-refractivity contribution in [1.29, 1.82) is 0 Å². The third-order valence-corrected chi connectivity index (χ3v) is 4.37. The van der Waals surface area contributed by atoms with Gasteiger partial charge in [0.15, 0.2) is 0 Å². The van der Waals surface area contributed by atoms with Crippen molar-refractivity contribution in [2.45, 2.75) is 52.2 Å². The Morgan fingerprint density at radius 3 is 2.78 bits per heavy atom. The first-order chi connectivity index (χ1) is 8.65. The second-order valence-electron chi connectivity index (χ2n) is 5.54. The molecule has 1 heterocycles. The van der Waals surface area contributed by atoms with E-state index in [-0.39, 0.29) is 6.10 Å². The number of para-hydroxylation sites is 1. The Hall–Kier alpha value is -1.02. The first-order valence-electron chi connectivity index (χ1n) is 7.18. The molecule has 1 saturated heterocycles. The highest BCUT2D eigenvalue weighted by atomic mass is 16.3. The van der Waals surface area contributed by atoms with E-state index in [2.05, 4.69) is 36.9 Å². The van der Waals surface area contributed by atoms with Crippen LogP contribution in [-0.2, 0) is 0 Å². The fraction of sp³-hybridized carbons (Fsp3) is 0.625. The van der Waals surface area contributed by atoms with Gasteiger partial charge in [0.05, 0.1) is 6.10 Å². The SMILES string of the molecule is CC[C@H](O)c1ccccc1N1CCCC(C)C1C. The van der Waals surface area contributed by atoms with E-state index in [9.17, 15) is 5.11 Å². The zero-order chi connectivity index (χ0) is 13.1. The molecule has 2 heteroatoms. The lowest BCUT2D eigenvalue weighted by molar-refractivity contribution is 0.173. The van der Waals surface area contributed by atoms with Crippen LogP contribution >= 0.6 is 0 Å². The third-order valence-electron chi connectivity index (χ3n) is 4.37. The maximum Gasteiger partial charge on any atom is 0.0807 e. The largest absolute Gasteiger partial charge is 0.388 e. The van der Waals surface area contributed by atoms with Crippen LogP contribution in [0.15, 0.2) is 24.3 Å². The first-order valence-corrected chi connectivity index (χ1v) is 7.18. The lowest BCUT2D eigenvalue weighted by Crippen LogP contribution is -2.43. The molecule has 0 bridgehead atoms. The Balaban J connectivity index is 2.32. The van der Waals surface area contributed by atoms with E-state index in [4.69, 9.17) is 0 Å². The molecule has 0 spiro atoms. The minimum Gasteiger partial charge on any atom is -0.388 e. The van der Waals surface area contributed by atoms with E-state index in [1.165, 1.54) is 18.5 Å². The van der Waals surface area contributed by atoms with Crippen LogP contribution in [0.2, 0.25) is 0 Å². The molecule has 0 radical (unpaired) electrons. The molecule has 100 valence electrons. The topological polar surface area (TPSA) is 23.5 Å². The molecule has 0 amide bonds. The Morgan fingerprint density at radius 1 is 1.33 bits per heavy atom. The van der Waals surface area contributed by atoms with Crippen LogP contribution in [0.3, 0.4) is 0 Å². The molecular formula is C16H25NO. The summed E-state index contributed by atoms with van der Waals surface area (Å²) in [5.41, 5.74) is 2.31. The number of aliphatic hydroxyl groups excluding tert-OH is 1. The van der Waals surface area contributed by atoms with Crippen molar-refractivity contribution in [3.63, 3.8) is 0 Å². The highest BCUT2D eigenvalue weighted by Crippen LogP contribution is 2.34. The van der Waals surface area contributed by atoms with Gasteiger partial charge in [0.25, 0.3) is 0 Å². The highest BCUT2D eigenvalue weighted by Gasteiger charge is 2.27. The third kappa shape index (κ3) is 2.54. The minimum atomic E-state index is -0.342. The maximum atomic E-state index is 10.2. The molecule has 1 aromatic carbocycles. The summed E-state index contributed by atoms with van der Waals surface area (Å²) in [5, 5.41) is 10.2. The van der Waals surface area contributed by atoms with Crippen molar-refractivity contribution < 1.29 is 5.11 Å². The molecular weight excluding hydrogens is 222 g/mol. The summed E-state index contributed by atoms with van der Waals surface area (Å²) in [5.74, 6) is 0.727. The quantitative estimate of drug-likeness (QED) is 0.879. The minimum absolute atomic E-state index is 0.342. The van der Waals surface area contributed by atoms with Crippen molar-refractivity contribution in [1.82, 2.24) is 0 Å². The van der Waals surface area contributed by atoms with Gasteiger partial charge in [-0.3, -0.25) is 0 Å². The van der Waals surface area contributed by atoms with Crippen molar-refractivity contribution in [3.05, 3.63) is 29.8 Å². The summed E-state index contributed by atoms with van der Waals surface area (Å²) >= 11 is 0. The fourth-order valence-electron chi connectivity index (χ4n) is 2.93. The van der Waals surface area contributed by atoms with E-state index in [1.807, 2.05) is 13.0 Å². The molecule has 1 aromatic rings. The molecule has 2 nitrogen and oxygen atoms in total. The van der Waals surface area contributed by atoms with Crippen LogP contribution in [0.25, 0.3) is 0 Å². The number of hydrogen-bond acceptors (Lipinski definition) is 2. The molecule has 1 fully saturated rings. The maximum absolute atomic E-state index is 10.2. The van der Waals surface area contributed by atoms with Crippen LogP contribution in [-0.4, -0.2) is 17.7 Å². The number of aliphatic hydroxyl groups is 1. The summed E-state index contributed by atoms with van der Waals surface area (Å²) in [6.45, 7) is 7.78. The molecule has 0 aromatic heterocycles. The molecule has 2 unspecified atom stereocenters. The van der Waals surface area contributed by atoms with E-state index in [1.54, 1.807) is 0 Å². The molecule has 0 aliphatic carbocycles. The van der Waals surface area contributed by atoms with Gasteiger partial charge in [-0.25, -0.2) is 0 Å². The zero-order valence-electron chi connectivity index (χ0n) is 11.8. The van der Waals surface area contributed by atoms with Gasteiger partial charge in [-0.15, -0.1) is 0 Å². The van der Waals surface area contributed by atoms with E-state index < -0.39 is 0 Å². The van der Waals surface area contributed by atoms with Crippen molar-refractivity contribution >= 4 is 5.69 Å².